The summed E-state index contributed by atoms with van der Waals surface area (Å²) in [5.41, 5.74) is 0. The second-order valence-electron chi connectivity index (χ2n) is 4.56. The Morgan fingerprint density at radius 2 is 2.35 bits per heavy atom. The Morgan fingerprint density at radius 1 is 1.50 bits per heavy atom. The van der Waals surface area contributed by atoms with Crippen LogP contribution in [0.4, 0.5) is 0 Å². The molecule has 7 heteroatoms. The third-order valence-electron chi connectivity index (χ3n) is 3.10. The van der Waals surface area contributed by atoms with Crippen molar-refractivity contribution < 1.29 is 18.7 Å². The van der Waals surface area contributed by atoms with Crippen molar-refractivity contribution in [1.29, 1.82) is 0 Å². The zero-order chi connectivity index (χ0) is 14.4. The third-order valence-corrected chi connectivity index (χ3v) is 3.10. The largest absolute Gasteiger partial charge is 0.467 e. The van der Waals surface area contributed by atoms with Crippen LogP contribution in [0.15, 0.2) is 22.8 Å². The van der Waals surface area contributed by atoms with Gasteiger partial charge in [-0.2, -0.15) is 0 Å². The van der Waals surface area contributed by atoms with Crippen LogP contribution in [0, 0.1) is 0 Å². The summed E-state index contributed by atoms with van der Waals surface area (Å²) < 4.78 is 10.5. The molecule has 7 nitrogen and oxygen atoms in total. The summed E-state index contributed by atoms with van der Waals surface area (Å²) in [5, 5.41) is 5.32. The number of rotatable bonds is 5. The van der Waals surface area contributed by atoms with Crippen LogP contribution in [-0.2, 0) is 20.9 Å². The quantitative estimate of drug-likeness (QED) is 0.749. The van der Waals surface area contributed by atoms with E-state index >= 15 is 0 Å². The SMILES string of the molecule is CNC(=O)C1CN(CC(=O)NCc2ccco2)CCO1. The Hall–Kier alpha value is -1.86. The van der Waals surface area contributed by atoms with Crippen molar-refractivity contribution in [3.05, 3.63) is 24.2 Å². The number of nitrogens with one attached hydrogen (secondary N) is 2. The van der Waals surface area contributed by atoms with Gasteiger partial charge in [0.15, 0.2) is 0 Å². The van der Waals surface area contributed by atoms with E-state index in [1.54, 1.807) is 25.4 Å². The molecule has 0 aromatic carbocycles. The van der Waals surface area contributed by atoms with Crippen LogP contribution in [0.25, 0.3) is 0 Å². The van der Waals surface area contributed by atoms with Gasteiger partial charge in [0.05, 0.1) is 26.0 Å². The van der Waals surface area contributed by atoms with E-state index in [9.17, 15) is 9.59 Å². The number of likely N-dealkylation sites (N-methyl/N-ethyl adjacent to an activating group) is 1. The normalized spacial score (nSPS) is 19.6. The summed E-state index contributed by atoms with van der Waals surface area (Å²) in [7, 11) is 1.57. The van der Waals surface area contributed by atoms with Gasteiger partial charge >= 0.3 is 0 Å². The average Bonchev–Trinajstić information content (AvgIpc) is 2.98. The minimum Gasteiger partial charge on any atom is -0.467 e. The molecule has 0 saturated carbocycles. The highest BCUT2D eigenvalue weighted by Gasteiger charge is 2.26. The number of amides is 2. The van der Waals surface area contributed by atoms with Gasteiger partial charge in [-0.25, -0.2) is 0 Å². The van der Waals surface area contributed by atoms with Crippen molar-refractivity contribution in [3.63, 3.8) is 0 Å². The topological polar surface area (TPSA) is 83.8 Å². The minimum atomic E-state index is -0.508. The van der Waals surface area contributed by atoms with Crippen LogP contribution in [0.3, 0.4) is 0 Å². The summed E-state index contributed by atoms with van der Waals surface area (Å²) in [6.07, 6.45) is 1.06. The summed E-state index contributed by atoms with van der Waals surface area (Å²) in [4.78, 5) is 25.2. The molecule has 1 aliphatic heterocycles. The molecule has 1 saturated heterocycles. The number of hydrogen-bond donors (Lipinski definition) is 2. The molecule has 0 bridgehead atoms. The smallest absolute Gasteiger partial charge is 0.250 e. The molecule has 2 N–H and O–H groups in total. The molecule has 0 spiro atoms. The van der Waals surface area contributed by atoms with Crippen LogP contribution in [0.2, 0.25) is 0 Å². The van der Waals surface area contributed by atoms with Crippen molar-refractivity contribution in [2.45, 2.75) is 12.6 Å². The first kappa shape index (κ1) is 14.5. The Labute approximate surface area is 117 Å². The highest BCUT2D eigenvalue weighted by molar-refractivity contribution is 5.81. The fourth-order valence-corrected chi connectivity index (χ4v) is 2.02. The van der Waals surface area contributed by atoms with E-state index in [1.807, 2.05) is 4.90 Å². The van der Waals surface area contributed by atoms with Gasteiger partial charge in [0, 0.05) is 20.1 Å². The van der Waals surface area contributed by atoms with Crippen LogP contribution in [-0.4, -0.2) is 56.1 Å². The van der Waals surface area contributed by atoms with E-state index < -0.39 is 6.10 Å². The first-order valence-corrected chi connectivity index (χ1v) is 6.53. The predicted octanol–water partition coefficient (Wildman–Crippen LogP) is -0.657. The fourth-order valence-electron chi connectivity index (χ4n) is 2.02. The molecular weight excluding hydrogens is 262 g/mol. The molecule has 20 heavy (non-hydrogen) atoms. The minimum absolute atomic E-state index is 0.0982. The fraction of sp³-hybridized carbons (Fsp3) is 0.538. The van der Waals surface area contributed by atoms with Crippen molar-refractivity contribution in [2.24, 2.45) is 0 Å². The van der Waals surface area contributed by atoms with Gasteiger partial charge in [-0.05, 0) is 12.1 Å². The molecule has 1 fully saturated rings. The van der Waals surface area contributed by atoms with Crippen LogP contribution < -0.4 is 10.6 Å². The number of nitrogens with zero attached hydrogens (tertiary/aromatic N) is 1. The van der Waals surface area contributed by atoms with Gasteiger partial charge in [0.1, 0.15) is 11.9 Å². The highest BCUT2D eigenvalue weighted by atomic mass is 16.5. The third kappa shape index (κ3) is 4.07. The Balaban J connectivity index is 1.74. The molecule has 2 amide bonds. The van der Waals surface area contributed by atoms with E-state index in [0.717, 1.165) is 0 Å². The Kier molecular flexibility index (Phi) is 5.14. The van der Waals surface area contributed by atoms with E-state index in [1.165, 1.54) is 0 Å². The van der Waals surface area contributed by atoms with Crippen molar-refractivity contribution in [2.75, 3.05) is 33.3 Å². The van der Waals surface area contributed by atoms with Crippen molar-refractivity contribution in [3.8, 4) is 0 Å². The maximum Gasteiger partial charge on any atom is 0.250 e. The van der Waals surface area contributed by atoms with Crippen LogP contribution in [0.5, 0.6) is 0 Å². The van der Waals surface area contributed by atoms with Crippen molar-refractivity contribution >= 4 is 11.8 Å². The molecule has 2 rings (SSSR count). The predicted molar refractivity (Wildman–Crippen MR) is 70.8 cm³/mol. The maximum absolute atomic E-state index is 11.8. The summed E-state index contributed by atoms with van der Waals surface area (Å²) in [5.74, 6) is 0.452. The molecule has 110 valence electrons. The van der Waals surface area contributed by atoms with Crippen molar-refractivity contribution in [1.82, 2.24) is 15.5 Å². The molecule has 0 aliphatic carbocycles. The van der Waals surface area contributed by atoms with E-state index in [4.69, 9.17) is 9.15 Å². The summed E-state index contributed by atoms with van der Waals surface area (Å²) >= 11 is 0. The molecule has 0 radical (unpaired) electrons. The zero-order valence-corrected chi connectivity index (χ0v) is 11.4. The Morgan fingerprint density at radius 3 is 3.05 bits per heavy atom. The highest BCUT2D eigenvalue weighted by Crippen LogP contribution is 2.05. The molecule has 1 unspecified atom stereocenters. The first-order chi connectivity index (χ1) is 9.69. The monoisotopic (exact) mass is 281 g/mol. The zero-order valence-electron chi connectivity index (χ0n) is 11.4. The standard InChI is InChI=1S/C13H19N3O4/c1-14-13(18)11-8-16(4-6-20-11)9-12(17)15-7-10-3-2-5-19-10/h2-3,5,11H,4,6-9H2,1H3,(H,14,18)(H,15,17). The van der Waals surface area contributed by atoms with Gasteiger partial charge < -0.3 is 19.8 Å². The molecule has 1 aromatic rings. The lowest BCUT2D eigenvalue weighted by Crippen LogP contribution is -2.51. The van der Waals surface area contributed by atoms with E-state index in [0.29, 0.717) is 32.0 Å². The van der Waals surface area contributed by atoms with Gasteiger partial charge in [0.2, 0.25) is 11.8 Å². The van der Waals surface area contributed by atoms with Gasteiger partial charge in [0.25, 0.3) is 0 Å². The number of hydrogen-bond acceptors (Lipinski definition) is 5. The number of carbonyl (C=O) groups excluding carboxylic acids is 2. The number of morpholine rings is 1. The van der Waals surface area contributed by atoms with Gasteiger partial charge in [-0.3, -0.25) is 14.5 Å². The number of carbonyl (C=O) groups is 2. The maximum atomic E-state index is 11.8. The van der Waals surface area contributed by atoms with Crippen LogP contribution in [0.1, 0.15) is 5.76 Å². The molecular formula is C13H19N3O4. The molecule has 1 atom stereocenters. The second-order valence-corrected chi connectivity index (χ2v) is 4.56. The lowest BCUT2D eigenvalue weighted by atomic mass is 10.2. The first-order valence-electron chi connectivity index (χ1n) is 6.53. The van der Waals surface area contributed by atoms with Crippen LogP contribution >= 0.6 is 0 Å². The van der Waals surface area contributed by atoms with E-state index in [2.05, 4.69) is 10.6 Å². The van der Waals surface area contributed by atoms with Gasteiger partial charge in [-0.1, -0.05) is 0 Å². The number of furan rings is 1. The van der Waals surface area contributed by atoms with Gasteiger partial charge in [-0.15, -0.1) is 0 Å². The molecule has 2 heterocycles. The number of ether oxygens (including phenoxy) is 1. The molecule has 1 aromatic heterocycles. The Bertz CT molecular complexity index is 446. The van der Waals surface area contributed by atoms with E-state index in [-0.39, 0.29) is 18.4 Å². The average molecular weight is 281 g/mol. The summed E-state index contributed by atoms with van der Waals surface area (Å²) in [6, 6.07) is 3.58. The lowest BCUT2D eigenvalue weighted by Gasteiger charge is -2.31. The molecule has 1 aliphatic rings. The lowest BCUT2D eigenvalue weighted by molar-refractivity contribution is -0.140. The second kappa shape index (κ2) is 7.06. The summed E-state index contributed by atoms with van der Waals surface area (Å²) in [6.45, 7) is 2.13.